The number of carbonyl (C=O) groups excluding carboxylic acids is 1. The summed E-state index contributed by atoms with van der Waals surface area (Å²) in [4.78, 5) is 14.0. The zero-order valence-corrected chi connectivity index (χ0v) is 18.8. The van der Waals surface area contributed by atoms with E-state index in [2.05, 4.69) is 81.2 Å². The highest BCUT2D eigenvalue weighted by molar-refractivity contribution is 5.86. The molecule has 0 unspecified atom stereocenters. The molecule has 0 aliphatic carbocycles. The van der Waals surface area contributed by atoms with Crippen LogP contribution in [0.5, 0.6) is 5.75 Å². The van der Waals surface area contributed by atoms with E-state index < -0.39 is 0 Å². The van der Waals surface area contributed by atoms with E-state index in [1.54, 1.807) is 0 Å². The summed E-state index contributed by atoms with van der Waals surface area (Å²) in [5, 5.41) is 3.61. The number of nitrogens with one attached hydrogen (secondary N) is 1. The van der Waals surface area contributed by atoms with Crippen LogP contribution in [0.3, 0.4) is 0 Å². The molecule has 0 spiro atoms. The van der Waals surface area contributed by atoms with E-state index in [4.69, 9.17) is 9.47 Å². The molecule has 2 aliphatic heterocycles. The first-order valence-electron chi connectivity index (χ1n) is 10.6. The van der Waals surface area contributed by atoms with Gasteiger partial charge >= 0.3 is 5.97 Å². The number of hydrogen-bond acceptors (Lipinski definition) is 5. The largest absolute Gasteiger partial charge is 0.484 e. The molecule has 1 fully saturated rings. The number of hydrogen-bond donors (Lipinski definition) is 1. The summed E-state index contributed by atoms with van der Waals surface area (Å²) >= 11 is 0. The molecule has 2 aromatic carbocycles. The predicted octanol–water partition coefficient (Wildman–Crippen LogP) is 4.84. The Hall–Kier alpha value is -2.69. The molecule has 0 atom stereocenters. The van der Waals surface area contributed by atoms with Crippen LogP contribution >= 0.6 is 0 Å². The average Bonchev–Trinajstić information content (AvgIpc) is 2.64. The molecule has 2 aromatic rings. The fourth-order valence-electron chi connectivity index (χ4n) is 4.05. The summed E-state index contributed by atoms with van der Waals surface area (Å²) in [6.07, 6.45) is 0. The van der Waals surface area contributed by atoms with Crippen LogP contribution in [0.2, 0.25) is 0 Å². The summed E-state index contributed by atoms with van der Waals surface area (Å²) in [7, 11) is 1.45. The van der Waals surface area contributed by atoms with Crippen molar-refractivity contribution in [3.05, 3.63) is 42.0 Å². The number of anilines is 2. The molecule has 0 saturated carbocycles. The molecule has 1 N–H and O–H groups in total. The molecule has 0 aromatic heterocycles. The van der Waals surface area contributed by atoms with Gasteiger partial charge in [-0.05, 0) is 54.7 Å². The molecule has 160 valence electrons. The van der Waals surface area contributed by atoms with Crippen molar-refractivity contribution in [3.63, 3.8) is 0 Å². The second kappa shape index (κ2) is 7.22. The first kappa shape index (κ1) is 20.6. The van der Waals surface area contributed by atoms with E-state index in [0.717, 1.165) is 34.8 Å². The monoisotopic (exact) mass is 408 g/mol. The molecule has 0 amide bonds. The minimum atomic E-state index is -0.247. The van der Waals surface area contributed by atoms with Crippen molar-refractivity contribution in [2.24, 2.45) is 5.92 Å². The van der Waals surface area contributed by atoms with Gasteiger partial charge in [-0.1, -0.05) is 32.9 Å². The lowest BCUT2D eigenvalue weighted by Crippen LogP contribution is -2.50. The molecule has 5 heteroatoms. The number of carbonyl (C=O) groups is 1. The van der Waals surface area contributed by atoms with Gasteiger partial charge in [0.25, 0.3) is 0 Å². The van der Waals surface area contributed by atoms with E-state index in [9.17, 15) is 4.79 Å². The third-order valence-electron chi connectivity index (χ3n) is 5.98. The Kier molecular flexibility index (Phi) is 4.95. The Morgan fingerprint density at radius 2 is 1.93 bits per heavy atom. The van der Waals surface area contributed by atoms with E-state index >= 15 is 0 Å². The lowest BCUT2D eigenvalue weighted by Gasteiger charge is -2.39. The number of methoxy groups -OCH3 is 1. The minimum absolute atomic E-state index is 0.0115. The van der Waals surface area contributed by atoms with Crippen LogP contribution in [0.15, 0.2) is 36.4 Å². The molecule has 0 radical (unpaired) electrons. The summed E-state index contributed by atoms with van der Waals surface area (Å²) in [5.41, 5.74) is 5.48. The van der Waals surface area contributed by atoms with Gasteiger partial charge in [0, 0.05) is 24.3 Å². The topological polar surface area (TPSA) is 50.8 Å². The van der Waals surface area contributed by atoms with Gasteiger partial charge in [0.1, 0.15) is 11.4 Å². The van der Waals surface area contributed by atoms with Crippen molar-refractivity contribution in [1.29, 1.82) is 0 Å². The second-order valence-electron chi connectivity index (χ2n) is 10.0. The quantitative estimate of drug-likeness (QED) is 0.736. The average molecular weight is 409 g/mol. The molecule has 5 nitrogen and oxygen atoms in total. The van der Waals surface area contributed by atoms with Gasteiger partial charge in [-0.2, -0.15) is 0 Å². The van der Waals surface area contributed by atoms with Gasteiger partial charge in [-0.3, -0.25) is 4.79 Å². The van der Waals surface area contributed by atoms with Crippen LogP contribution < -0.4 is 15.0 Å². The van der Waals surface area contributed by atoms with Gasteiger partial charge in [0.2, 0.25) is 0 Å². The third-order valence-corrected chi connectivity index (χ3v) is 5.98. The van der Waals surface area contributed by atoms with Gasteiger partial charge in [0.05, 0.1) is 25.3 Å². The van der Waals surface area contributed by atoms with E-state index in [-0.39, 0.29) is 22.9 Å². The molecular weight excluding hydrogens is 376 g/mol. The fraction of sp³-hybridized carbons (Fsp3) is 0.480. The smallest absolute Gasteiger partial charge is 0.312 e. The molecule has 30 heavy (non-hydrogen) atoms. The number of fused-ring (bicyclic) bond motifs is 1. The normalized spacial score (nSPS) is 18.0. The molecule has 0 bridgehead atoms. The Morgan fingerprint density at radius 3 is 2.60 bits per heavy atom. The van der Waals surface area contributed by atoms with Crippen molar-refractivity contribution in [1.82, 2.24) is 0 Å². The second-order valence-corrected chi connectivity index (χ2v) is 10.0. The van der Waals surface area contributed by atoms with E-state index in [1.165, 1.54) is 12.7 Å². The summed E-state index contributed by atoms with van der Waals surface area (Å²) in [6, 6.07) is 13.0. The van der Waals surface area contributed by atoms with Crippen molar-refractivity contribution < 1.29 is 14.3 Å². The fourth-order valence-corrected chi connectivity index (χ4v) is 4.05. The molecular formula is C25H32N2O3. The number of nitrogens with zero attached hydrogens (tertiary/aromatic N) is 1. The van der Waals surface area contributed by atoms with Crippen LogP contribution in [0.1, 0.15) is 40.2 Å². The number of esters is 1. The lowest BCUT2D eigenvalue weighted by atomic mass is 9.84. The SMILES string of the molecule is COC(=O)C1CN(c2cccc(-c3cc(C(C)(C)C)cc4c3NCC(C)(C)O4)c2)C1. The highest BCUT2D eigenvalue weighted by atomic mass is 16.5. The highest BCUT2D eigenvalue weighted by Gasteiger charge is 2.34. The summed E-state index contributed by atoms with van der Waals surface area (Å²) in [5.74, 6) is 0.750. The first-order chi connectivity index (χ1) is 14.1. The number of benzene rings is 2. The van der Waals surface area contributed by atoms with Crippen molar-refractivity contribution >= 4 is 17.3 Å². The van der Waals surface area contributed by atoms with E-state index in [1.807, 2.05) is 0 Å². The van der Waals surface area contributed by atoms with Crippen LogP contribution in [-0.2, 0) is 14.9 Å². The standard InChI is InChI=1S/C25H32N2O3/c1-24(2,3)18-11-20(22-21(12-18)30-25(4,5)15-26-22)16-8-7-9-19(10-16)27-13-17(14-27)23(28)29-6/h7-12,17,26H,13-15H2,1-6H3. The maximum Gasteiger partial charge on any atom is 0.312 e. The Balaban J connectivity index is 1.71. The van der Waals surface area contributed by atoms with Gasteiger partial charge in [0.15, 0.2) is 0 Å². The number of rotatable bonds is 3. The van der Waals surface area contributed by atoms with Crippen LogP contribution in [0.4, 0.5) is 11.4 Å². The molecule has 2 aliphatic rings. The van der Waals surface area contributed by atoms with Gasteiger partial charge in [-0.25, -0.2) is 0 Å². The van der Waals surface area contributed by atoms with Crippen molar-refractivity contribution in [3.8, 4) is 16.9 Å². The van der Waals surface area contributed by atoms with E-state index in [0.29, 0.717) is 13.1 Å². The summed E-state index contributed by atoms with van der Waals surface area (Å²) < 4.78 is 11.2. The van der Waals surface area contributed by atoms with Crippen molar-refractivity contribution in [2.75, 3.05) is 37.0 Å². The third kappa shape index (κ3) is 3.85. The number of ether oxygens (including phenoxy) is 2. The molecule has 1 saturated heterocycles. The van der Waals surface area contributed by atoms with Gasteiger partial charge < -0.3 is 19.7 Å². The molecule has 2 heterocycles. The van der Waals surface area contributed by atoms with Crippen molar-refractivity contribution in [2.45, 2.75) is 45.6 Å². The predicted molar refractivity (Wildman–Crippen MR) is 121 cm³/mol. The Bertz CT molecular complexity index is 969. The molecule has 4 rings (SSSR count). The van der Waals surface area contributed by atoms with Gasteiger partial charge in [-0.15, -0.1) is 0 Å². The maximum absolute atomic E-state index is 11.7. The van der Waals surface area contributed by atoms with Crippen LogP contribution in [0.25, 0.3) is 11.1 Å². The lowest BCUT2D eigenvalue weighted by molar-refractivity contribution is -0.146. The highest BCUT2D eigenvalue weighted by Crippen LogP contribution is 2.44. The summed E-state index contributed by atoms with van der Waals surface area (Å²) in [6.45, 7) is 13.0. The Labute approximate surface area is 179 Å². The minimum Gasteiger partial charge on any atom is -0.484 e. The zero-order chi connectivity index (χ0) is 21.7. The first-order valence-corrected chi connectivity index (χ1v) is 10.6. The maximum atomic E-state index is 11.7. The zero-order valence-electron chi connectivity index (χ0n) is 18.8. The van der Waals surface area contributed by atoms with Crippen LogP contribution in [0, 0.1) is 5.92 Å². The van der Waals surface area contributed by atoms with Crippen LogP contribution in [-0.4, -0.2) is 38.3 Å². The Morgan fingerprint density at radius 1 is 1.20 bits per heavy atom.